The molecule has 0 fully saturated rings. The number of nitrogens with zero attached hydrogens (tertiary/aromatic N) is 3. The normalized spacial score (nSPS) is 11.6. The van der Waals surface area contributed by atoms with Crippen LogP contribution in [0.3, 0.4) is 0 Å². The Balaban J connectivity index is 1.96. The maximum absolute atomic E-state index is 13.4. The molecular weight excluding hydrogens is 478 g/mol. The molecule has 1 heterocycles. The molecule has 0 spiro atoms. The minimum Gasteiger partial charge on any atom is -0.497 e. The van der Waals surface area contributed by atoms with Crippen LogP contribution in [0, 0.1) is 12.8 Å². The Morgan fingerprint density at radius 1 is 1.11 bits per heavy atom. The summed E-state index contributed by atoms with van der Waals surface area (Å²) in [5, 5.41) is 0.0215. The van der Waals surface area contributed by atoms with Crippen molar-refractivity contribution in [1.82, 2.24) is 14.5 Å². The van der Waals surface area contributed by atoms with Crippen molar-refractivity contribution in [3.05, 3.63) is 77.1 Å². The number of rotatable bonds is 12. The number of hydrogen-bond donors (Lipinski definition) is 0. The van der Waals surface area contributed by atoms with Gasteiger partial charge in [0.15, 0.2) is 0 Å². The number of carbonyl (C=O) groups excluding carboxylic acids is 1. The van der Waals surface area contributed by atoms with Crippen LogP contribution in [0.2, 0.25) is 0 Å². The van der Waals surface area contributed by atoms with E-state index >= 15 is 0 Å². The molecular formula is C27H35N3O5S. The van der Waals surface area contributed by atoms with E-state index in [2.05, 4.69) is 4.98 Å². The maximum atomic E-state index is 13.4. The summed E-state index contributed by atoms with van der Waals surface area (Å²) in [7, 11) is -0.585. The van der Waals surface area contributed by atoms with Crippen LogP contribution in [0.15, 0.2) is 59.9 Å². The summed E-state index contributed by atoms with van der Waals surface area (Å²) in [5.74, 6) is 0.418. The summed E-state index contributed by atoms with van der Waals surface area (Å²) in [4.78, 5) is 19.4. The van der Waals surface area contributed by atoms with Gasteiger partial charge in [-0.1, -0.05) is 49.7 Å². The second kappa shape index (κ2) is 12.2. The Kier molecular flexibility index (Phi) is 9.28. The average Bonchev–Trinajstić information content (AvgIpc) is 3.23. The Morgan fingerprint density at radius 3 is 2.53 bits per heavy atom. The van der Waals surface area contributed by atoms with E-state index in [9.17, 15) is 13.2 Å². The molecule has 0 aliphatic heterocycles. The molecule has 9 heteroatoms. The molecule has 36 heavy (non-hydrogen) atoms. The third-order valence-corrected chi connectivity index (χ3v) is 7.28. The van der Waals surface area contributed by atoms with Crippen molar-refractivity contribution < 1.29 is 22.7 Å². The lowest BCUT2D eigenvalue weighted by atomic mass is 10.1. The number of methoxy groups -OCH3 is 2. The second-order valence-corrected chi connectivity index (χ2v) is 11.1. The van der Waals surface area contributed by atoms with Crippen LogP contribution >= 0.6 is 0 Å². The minimum atomic E-state index is -3.71. The van der Waals surface area contributed by atoms with Gasteiger partial charge in [-0.3, -0.25) is 4.79 Å². The fourth-order valence-corrected chi connectivity index (χ4v) is 5.49. The summed E-state index contributed by atoms with van der Waals surface area (Å²) in [5.41, 5.74) is 2.84. The zero-order chi connectivity index (χ0) is 26.3. The van der Waals surface area contributed by atoms with E-state index in [-0.39, 0.29) is 29.3 Å². The molecule has 3 rings (SSSR count). The summed E-state index contributed by atoms with van der Waals surface area (Å²) in [6.07, 6.45) is 1.56. The van der Waals surface area contributed by atoms with E-state index in [1.54, 1.807) is 60.2 Å². The monoisotopic (exact) mass is 513 g/mol. The SMILES string of the molecule is COCCN(Cc1cnc(S(=O)(=O)Cc2cccc(C)c2)n1CC(C)C)C(=O)c1cccc(OC)c1. The van der Waals surface area contributed by atoms with Crippen molar-refractivity contribution >= 4 is 15.7 Å². The third-order valence-electron chi connectivity index (χ3n) is 5.69. The lowest BCUT2D eigenvalue weighted by molar-refractivity contribution is 0.0674. The Bertz CT molecular complexity index is 1280. The zero-order valence-corrected chi connectivity index (χ0v) is 22.4. The van der Waals surface area contributed by atoms with Gasteiger partial charge in [-0.05, 0) is 36.6 Å². The number of aryl methyl sites for hydroxylation is 1. The quantitative estimate of drug-likeness (QED) is 0.362. The Hall–Kier alpha value is -3.17. The number of aromatic nitrogens is 2. The molecule has 1 amide bonds. The molecule has 0 atom stereocenters. The van der Waals surface area contributed by atoms with Crippen LogP contribution in [0.5, 0.6) is 5.75 Å². The first-order valence-corrected chi connectivity index (χ1v) is 13.5. The standard InChI is InChI=1S/C27H35N3O5S/c1-20(2)17-30-24(16-28-27(30)36(32,33)19-22-9-6-8-21(3)14-22)18-29(12-13-34-4)26(31)23-10-7-11-25(15-23)35-5/h6-11,14-16,20H,12-13,17-19H2,1-5H3. The van der Waals surface area contributed by atoms with Gasteiger partial charge in [0.05, 0.1) is 37.9 Å². The smallest absolute Gasteiger partial charge is 0.254 e. The highest BCUT2D eigenvalue weighted by Gasteiger charge is 2.26. The summed E-state index contributed by atoms with van der Waals surface area (Å²) in [6.45, 7) is 7.30. The topological polar surface area (TPSA) is 90.7 Å². The second-order valence-electron chi connectivity index (χ2n) is 9.24. The molecule has 0 N–H and O–H groups in total. The van der Waals surface area contributed by atoms with Gasteiger partial charge in [-0.25, -0.2) is 13.4 Å². The first-order valence-electron chi connectivity index (χ1n) is 11.9. The molecule has 0 radical (unpaired) electrons. The van der Waals surface area contributed by atoms with E-state index in [0.717, 1.165) is 5.56 Å². The van der Waals surface area contributed by atoms with Crippen LogP contribution < -0.4 is 4.74 Å². The number of amides is 1. The van der Waals surface area contributed by atoms with Crippen molar-refractivity contribution in [2.24, 2.45) is 5.92 Å². The van der Waals surface area contributed by atoms with Crippen molar-refractivity contribution in [3.63, 3.8) is 0 Å². The van der Waals surface area contributed by atoms with E-state index < -0.39 is 9.84 Å². The van der Waals surface area contributed by atoms with Crippen LogP contribution in [0.25, 0.3) is 0 Å². The first kappa shape index (κ1) is 27.4. The average molecular weight is 514 g/mol. The number of benzene rings is 2. The number of imidazole rings is 1. The highest BCUT2D eigenvalue weighted by molar-refractivity contribution is 7.90. The van der Waals surface area contributed by atoms with Gasteiger partial charge in [0, 0.05) is 25.8 Å². The Labute approximate surface area is 213 Å². The fraction of sp³-hybridized carbons (Fsp3) is 0.407. The van der Waals surface area contributed by atoms with Gasteiger partial charge in [0.2, 0.25) is 15.0 Å². The van der Waals surface area contributed by atoms with E-state index in [1.165, 1.54) is 0 Å². The van der Waals surface area contributed by atoms with E-state index in [1.807, 2.05) is 39.0 Å². The summed E-state index contributed by atoms with van der Waals surface area (Å²) < 4.78 is 39.1. The van der Waals surface area contributed by atoms with Crippen LogP contribution in [0.1, 0.15) is 41.0 Å². The molecule has 8 nitrogen and oxygen atoms in total. The van der Waals surface area contributed by atoms with Gasteiger partial charge in [-0.2, -0.15) is 0 Å². The van der Waals surface area contributed by atoms with Gasteiger partial charge >= 0.3 is 0 Å². The van der Waals surface area contributed by atoms with Crippen molar-refractivity contribution in [2.75, 3.05) is 27.4 Å². The molecule has 0 saturated carbocycles. The van der Waals surface area contributed by atoms with Crippen molar-refractivity contribution in [2.45, 2.75) is 44.8 Å². The summed E-state index contributed by atoms with van der Waals surface area (Å²) in [6, 6.07) is 14.4. The van der Waals surface area contributed by atoms with Gasteiger partial charge in [0.1, 0.15) is 5.75 Å². The van der Waals surface area contributed by atoms with E-state index in [4.69, 9.17) is 9.47 Å². The predicted molar refractivity (Wildman–Crippen MR) is 139 cm³/mol. The first-order chi connectivity index (χ1) is 17.1. The molecule has 2 aromatic carbocycles. The lowest BCUT2D eigenvalue weighted by Gasteiger charge is -2.24. The predicted octanol–water partition coefficient (Wildman–Crippen LogP) is 4.12. The van der Waals surface area contributed by atoms with Crippen LogP contribution in [-0.2, 0) is 33.4 Å². The number of carbonyl (C=O) groups is 1. The highest BCUT2D eigenvalue weighted by atomic mass is 32.2. The fourth-order valence-electron chi connectivity index (χ4n) is 4.00. The van der Waals surface area contributed by atoms with Crippen LogP contribution in [0.4, 0.5) is 0 Å². The number of ether oxygens (including phenoxy) is 2. The van der Waals surface area contributed by atoms with Crippen molar-refractivity contribution in [3.8, 4) is 5.75 Å². The summed E-state index contributed by atoms with van der Waals surface area (Å²) >= 11 is 0. The van der Waals surface area contributed by atoms with Crippen LogP contribution in [-0.4, -0.2) is 56.1 Å². The van der Waals surface area contributed by atoms with Gasteiger partial charge < -0.3 is 18.9 Å². The molecule has 0 bridgehead atoms. The minimum absolute atomic E-state index is 0.0215. The largest absolute Gasteiger partial charge is 0.497 e. The van der Waals surface area contributed by atoms with Gasteiger partial charge in [-0.15, -0.1) is 0 Å². The third kappa shape index (κ3) is 6.95. The lowest BCUT2D eigenvalue weighted by Crippen LogP contribution is -2.34. The molecule has 0 unspecified atom stereocenters. The van der Waals surface area contributed by atoms with E-state index in [0.29, 0.717) is 42.3 Å². The highest BCUT2D eigenvalue weighted by Crippen LogP contribution is 2.22. The Morgan fingerprint density at radius 2 is 1.86 bits per heavy atom. The molecule has 194 valence electrons. The zero-order valence-electron chi connectivity index (χ0n) is 21.6. The molecule has 0 saturated heterocycles. The number of hydrogen-bond acceptors (Lipinski definition) is 6. The molecule has 0 aliphatic rings. The maximum Gasteiger partial charge on any atom is 0.254 e. The number of sulfone groups is 1. The van der Waals surface area contributed by atoms with Crippen molar-refractivity contribution in [1.29, 1.82) is 0 Å². The van der Waals surface area contributed by atoms with Gasteiger partial charge in [0.25, 0.3) is 5.91 Å². The molecule has 3 aromatic rings. The molecule has 0 aliphatic carbocycles. The molecule has 1 aromatic heterocycles.